The van der Waals surface area contributed by atoms with E-state index in [-0.39, 0.29) is 0 Å². The third kappa shape index (κ3) is 4.18. The fraction of sp³-hybridized carbons (Fsp3) is 0.294. The van der Waals surface area contributed by atoms with Gasteiger partial charge in [-0.25, -0.2) is 4.79 Å². The maximum atomic E-state index is 11.8. The zero-order valence-electron chi connectivity index (χ0n) is 13.0. The lowest BCUT2D eigenvalue weighted by Crippen LogP contribution is -2.27. The van der Waals surface area contributed by atoms with E-state index < -0.39 is 11.7 Å². The van der Waals surface area contributed by atoms with Gasteiger partial charge in [0.05, 0.1) is 11.4 Å². The highest BCUT2D eigenvalue weighted by atomic mass is 32.1. The van der Waals surface area contributed by atoms with E-state index in [0.717, 1.165) is 22.4 Å². The van der Waals surface area contributed by atoms with E-state index in [1.807, 2.05) is 51.1 Å². The predicted octanol–water partition coefficient (Wildman–Crippen LogP) is 4.33. The predicted molar refractivity (Wildman–Crippen MR) is 95.0 cm³/mol. The number of allylic oxidation sites excluding steroid dienone is 4. The van der Waals surface area contributed by atoms with E-state index in [1.54, 1.807) is 6.07 Å². The maximum Gasteiger partial charge on any atom is 0.412 e. The molecule has 0 aliphatic heterocycles. The Balaban J connectivity index is 2.17. The number of thiocarbonyl (C=S) groups is 1. The van der Waals surface area contributed by atoms with Gasteiger partial charge in [-0.15, -0.1) is 0 Å². The third-order valence-electron chi connectivity index (χ3n) is 3.00. The Morgan fingerprint density at radius 3 is 2.68 bits per heavy atom. The van der Waals surface area contributed by atoms with E-state index in [1.165, 1.54) is 0 Å². The van der Waals surface area contributed by atoms with Gasteiger partial charge in [-0.1, -0.05) is 36.5 Å². The summed E-state index contributed by atoms with van der Waals surface area (Å²) in [6.07, 6.45) is 6.21. The normalized spacial score (nSPS) is 14.5. The Hall–Kier alpha value is -2.14. The highest BCUT2D eigenvalue weighted by molar-refractivity contribution is 7.81. The van der Waals surface area contributed by atoms with Crippen molar-refractivity contribution in [2.45, 2.75) is 32.8 Å². The molecule has 5 heteroatoms. The molecule has 0 atom stereocenters. The number of carbonyl (C=O) groups is 1. The second-order valence-corrected chi connectivity index (χ2v) is 6.56. The van der Waals surface area contributed by atoms with Crippen molar-refractivity contribution in [1.82, 2.24) is 0 Å². The van der Waals surface area contributed by atoms with Crippen LogP contribution >= 0.6 is 12.2 Å². The molecule has 2 rings (SSSR count). The largest absolute Gasteiger partial charge is 0.444 e. The van der Waals surface area contributed by atoms with Crippen LogP contribution in [0.4, 0.5) is 16.2 Å². The fourth-order valence-corrected chi connectivity index (χ4v) is 2.34. The zero-order chi connectivity index (χ0) is 16.3. The molecule has 1 aliphatic carbocycles. The van der Waals surface area contributed by atoms with Crippen LogP contribution in [0, 0.1) is 0 Å². The van der Waals surface area contributed by atoms with Crippen molar-refractivity contribution in [3.63, 3.8) is 0 Å². The number of anilines is 2. The monoisotopic (exact) mass is 316 g/mol. The van der Waals surface area contributed by atoms with Gasteiger partial charge < -0.3 is 10.5 Å². The summed E-state index contributed by atoms with van der Waals surface area (Å²) in [5, 5.41) is 2.66. The first-order chi connectivity index (χ1) is 10.3. The van der Waals surface area contributed by atoms with Crippen LogP contribution in [0.5, 0.6) is 0 Å². The molecule has 0 fully saturated rings. The fourth-order valence-electron chi connectivity index (χ4n) is 2.06. The Kier molecular flexibility index (Phi) is 4.66. The molecule has 1 amide bonds. The Labute approximate surface area is 136 Å². The lowest BCUT2D eigenvalue weighted by Gasteiger charge is -2.20. The van der Waals surface area contributed by atoms with E-state index in [2.05, 4.69) is 5.32 Å². The van der Waals surface area contributed by atoms with Gasteiger partial charge in [-0.05, 0) is 44.0 Å². The SMILES string of the molecule is CC(C)(C)OC(=O)Nc1ccc(C2=CC=CCC2=S)cc1N. The van der Waals surface area contributed by atoms with Crippen molar-refractivity contribution in [1.29, 1.82) is 0 Å². The molecule has 1 aromatic carbocycles. The molecular weight excluding hydrogens is 296 g/mol. The van der Waals surface area contributed by atoms with Gasteiger partial charge in [0.25, 0.3) is 0 Å². The van der Waals surface area contributed by atoms with Crippen LogP contribution in [0.2, 0.25) is 0 Å². The number of nitrogen functional groups attached to an aromatic ring is 1. The minimum atomic E-state index is -0.551. The van der Waals surface area contributed by atoms with Crippen LogP contribution in [0.1, 0.15) is 32.8 Å². The van der Waals surface area contributed by atoms with E-state index >= 15 is 0 Å². The number of hydrogen-bond acceptors (Lipinski definition) is 4. The molecular formula is C17H20N2O2S. The number of hydrogen-bond donors (Lipinski definition) is 2. The van der Waals surface area contributed by atoms with Gasteiger partial charge in [0, 0.05) is 11.3 Å². The molecule has 0 spiro atoms. The second kappa shape index (κ2) is 6.32. The highest BCUT2D eigenvalue weighted by Crippen LogP contribution is 2.28. The minimum Gasteiger partial charge on any atom is -0.444 e. The van der Waals surface area contributed by atoms with Crippen molar-refractivity contribution in [3.05, 3.63) is 42.0 Å². The summed E-state index contributed by atoms with van der Waals surface area (Å²) in [7, 11) is 0. The van der Waals surface area contributed by atoms with Crippen molar-refractivity contribution in [2.24, 2.45) is 0 Å². The van der Waals surface area contributed by atoms with Crippen LogP contribution in [0.3, 0.4) is 0 Å². The summed E-state index contributed by atoms with van der Waals surface area (Å²) in [6.45, 7) is 5.43. The molecule has 0 saturated carbocycles. The standard InChI is InChI=1S/C17H20N2O2S/c1-17(2,3)21-16(20)19-14-9-8-11(10-13(14)18)12-6-4-5-7-15(12)22/h4-6,8-10H,7,18H2,1-3H3,(H,19,20). The minimum absolute atomic E-state index is 0.474. The first-order valence-electron chi connectivity index (χ1n) is 7.06. The number of amides is 1. The number of ether oxygens (including phenoxy) is 1. The highest BCUT2D eigenvalue weighted by Gasteiger charge is 2.17. The molecule has 0 unspecified atom stereocenters. The van der Waals surface area contributed by atoms with Gasteiger partial charge in [0.15, 0.2) is 0 Å². The first-order valence-corrected chi connectivity index (χ1v) is 7.47. The molecule has 116 valence electrons. The average molecular weight is 316 g/mol. The van der Waals surface area contributed by atoms with E-state index in [0.29, 0.717) is 11.4 Å². The second-order valence-electron chi connectivity index (χ2n) is 6.06. The van der Waals surface area contributed by atoms with Crippen molar-refractivity contribution >= 4 is 40.1 Å². The van der Waals surface area contributed by atoms with Gasteiger partial charge in [-0.3, -0.25) is 5.32 Å². The molecule has 4 nitrogen and oxygen atoms in total. The quantitative estimate of drug-likeness (QED) is 0.629. The average Bonchev–Trinajstić information content (AvgIpc) is 2.39. The maximum absolute atomic E-state index is 11.8. The molecule has 0 radical (unpaired) electrons. The molecule has 1 aromatic rings. The molecule has 0 saturated heterocycles. The molecule has 1 aliphatic rings. The summed E-state index contributed by atoms with van der Waals surface area (Å²) in [5.74, 6) is 0. The molecule has 22 heavy (non-hydrogen) atoms. The van der Waals surface area contributed by atoms with Crippen molar-refractivity contribution in [2.75, 3.05) is 11.1 Å². The number of benzene rings is 1. The van der Waals surface area contributed by atoms with Crippen LogP contribution in [0.15, 0.2) is 36.4 Å². The van der Waals surface area contributed by atoms with Gasteiger partial charge in [-0.2, -0.15) is 0 Å². The number of nitrogens with one attached hydrogen (secondary N) is 1. The Morgan fingerprint density at radius 2 is 2.09 bits per heavy atom. The summed E-state index contributed by atoms with van der Waals surface area (Å²) in [5.41, 5.74) is 8.41. The van der Waals surface area contributed by atoms with Crippen LogP contribution in [0.25, 0.3) is 5.57 Å². The smallest absolute Gasteiger partial charge is 0.412 e. The van der Waals surface area contributed by atoms with Crippen LogP contribution in [-0.4, -0.2) is 16.6 Å². The number of nitrogens with two attached hydrogens (primary N) is 1. The van der Waals surface area contributed by atoms with Crippen LogP contribution in [-0.2, 0) is 4.74 Å². The summed E-state index contributed by atoms with van der Waals surface area (Å²) in [4.78, 5) is 12.7. The Morgan fingerprint density at radius 1 is 1.36 bits per heavy atom. The van der Waals surface area contributed by atoms with Crippen molar-refractivity contribution < 1.29 is 9.53 Å². The molecule has 3 N–H and O–H groups in total. The van der Waals surface area contributed by atoms with Crippen molar-refractivity contribution in [3.8, 4) is 0 Å². The summed E-state index contributed by atoms with van der Waals surface area (Å²) in [6, 6.07) is 5.46. The lowest BCUT2D eigenvalue weighted by atomic mass is 9.96. The third-order valence-corrected chi connectivity index (χ3v) is 3.39. The van der Waals surface area contributed by atoms with Gasteiger partial charge in [0.1, 0.15) is 5.60 Å². The van der Waals surface area contributed by atoms with E-state index in [9.17, 15) is 4.79 Å². The number of carbonyl (C=O) groups excluding carboxylic acids is 1. The lowest BCUT2D eigenvalue weighted by molar-refractivity contribution is 0.0636. The summed E-state index contributed by atoms with van der Waals surface area (Å²) < 4.78 is 5.21. The topological polar surface area (TPSA) is 64.3 Å². The van der Waals surface area contributed by atoms with Gasteiger partial charge >= 0.3 is 6.09 Å². The molecule has 0 bridgehead atoms. The molecule has 0 heterocycles. The first kappa shape index (κ1) is 16.2. The van der Waals surface area contributed by atoms with Crippen LogP contribution < -0.4 is 11.1 Å². The zero-order valence-corrected chi connectivity index (χ0v) is 13.8. The Bertz CT molecular complexity index is 670. The van der Waals surface area contributed by atoms with E-state index in [4.69, 9.17) is 22.7 Å². The summed E-state index contributed by atoms with van der Waals surface area (Å²) >= 11 is 5.36. The number of rotatable bonds is 2. The van der Waals surface area contributed by atoms with Gasteiger partial charge in [0.2, 0.25) is 0 Å². The molecule has 0 aromatic heterocycles.